The quantitative estimate of drug-likeness (QED) is 0.729. The Balaban J connectivity index is 2.81. The third-order valence-corrected chi connectivity index (χ3v) is 2.92. The molecule has 0 saturated carbocycles. The largest absolute Gasteiger partial charge is 0.493 e. The molecule has 0 fully saturated rings. The Bertz CT molecular complexity index is 408. The Hall–Kier alpha value is -1.31. The highest BCUT2D eigenvalue weighted by molar-refractivity contribution is 5.75. The van der Waals surface area contributed by atoms with Crippen molar-refractivity contribution in [3.05, 3.63) is 28.8 Å². The fourth-order valence-electron chi connectivity index (χ4n) is 2.17. The van der Waals surface area contributed by atoms with Crippen LogP contribution in [0.5, 0.6) is 5.75 Å². The van der Waals surface area contributed by atoms with Gasteiger partial charge in [0.05, 0.1) is 6.61 Å². The minimum atomic E-state index is 0.260. The highest BCUT2D eigenvalue weighted by Crippen LogP contribution is 2.27. The first-order valence-corrected chi connectivity index (χ1v) is 6.77. The van der Waals surface area contributed by atoms with Crippen molar-refractivity contribution >= 4 is 5.78 Å². The Morgan fingerprint density at radius 3 is 2.61 bits per heavy atom. The summed E-state index contributed by atoms with van der Waals surface area (Å²) in [6, 6.07) is 4.33. The maximum absolute atomic E-state index is 11.0. The first-order valence-electron chi connectivity index (χ1n) is 6.77. The van der Waals surface area contributed by atoms with Gasteiger partial charge >= 0.3 is 0 Å². The Labute approximate surface area is 110 Å². The molecule has 2 heteroatoms. The SMILES string of the molecule is CCCOc1c(C)cc(C)cc1CCCC(C)=O. The molecule has 1 aromatic rings. The lowest BCUT2D eigenvalue weighted by atomic mass is 10.0. The second-order valence-corrected chi connectivity index (χ2v) is 4.97. The van der Waals surface area contributed by atoms with Crippen LogP contribution in [0.25, 0.3) is 0 Å². The van der Waals surface area contributed by atoms with Gasteiger partial charge in [-0.15, -0.1) is 0 Å². The molecular weight excluding hydrogens is 224 g/mol. The van der Waals surface area contributed by atoms with E-state index in [-0.39, 0.29) is 5.78 Å². The molecule has 0 radical (unpaired) electrons. The number of carbonyl (C=O) groups excluding carboxylic acids is 1. The first kappa shape index (κ1) is 14.7. The van der Waals surface area contributed by atoms with Crippen LogP contribution in [0.3, 0.4) is 0 Å². The van der Waals surface area contributed by atoms with Gasteiger partial charge in [0.1, 0.15) is 11.5 Å². The van der Waals surface area contributed by atoms with Crippen molar-refractivity contribution in [1.29, 1.82) is 0 Å². The van der Waals surface area contributed by atoms with Crippen LogP contribution in [0.4, 0.5) is 0 Å². The summed E-state index contributed by atoms with van der Waals surface area (Å²) in [7, 11) is 0. The van der Waals surface area contributed by atoms with E-state index in [1.54, 1.807) is 6.92 Å². The predicted molar refractivity (Wildman–Crippen MR) is 75.3 cm³/mol. The van der Waals surface area contributed by atoms with Crippen LogP contribution in [-0.4, -0.2) is 12.4 Å². The number of aryl methyl sites for hydroxylation is 3. The lowest BCUT2D eigenvalue weighted by Crippen LogP contribution is -2.02. The molecule has 0 amide bonds. The maximum Gasteiger partial charge on any atom is 0.129 e. The van der Waals surface area contributed by atoms with Gasteiger partial charge in [0, 0.05) is 6.42 Å². The Morgan fingerprint density at radius 2 is 2.00 bits per heavy atom. The van der Waals surface area contributed by atoms with E-state index < -0.39 is 0 Å². The summed E-state index contributed by atoms with van der Waals surface area (Å²) in [6.45, 7) is 8.70. The van der Waals surface area contributed by atoms with Crippen LogP contribution in [-0.2, 0) is 11.2 Å². The summed E-state index contributed by atoms with van der Waals surface area (Å²) in [5, 5.41) is 0. The zero-order valence-corrected chi connectivity index (χ0v) is 12.0. The summed E-state index contributed by atoms with van der Waals surface area (Å²) in [5.74, 6) is 1.28. The zero-order valence-electron chi connectivity index (χ0n) is 12.0. The summed E-state index contributed by atoms with van der Waals surface area (Å²) in [5.41, 5.74) is 3.69. The van der Waals surface area contributed by atoms with Crippen molar-refractivity contribution in [3.8, 4) is 5.75 Å². The molecule has 0 unspecified atom stereocenters. The van der Waals surface area contributed by atoms with Gasteiger partial charge in [-0.3, -0.25) is 0 Å². The Morgan fingerprint density at radius 1 is 1.28 bits per heavy atom. The predicted octanol–water partition coefficient (Wildman–Crippen LogP) is 4.00. The van der Waals surface area contributed by atoms with Gasteiger partial charge < -0.3 is 9.53 Å². The molecule has 2 nitrogen and oxygen atoms in total. The van der Waals surface area contributed by atoms with Crippen molar-refractivity contribution in [1.82, 2.24) is 0 Å². The summed E-state index contributed by atoms with van der Waals surface area (Å²) >= 11 is 0. The Kier molecular flexibility index (Phi) is 5.90. The highest BCUT2D eigenvalue weighted by atomic mass is 16.5. The third kappa shape index (κ3) is 4.52. The number of carbonyl (C=O) groups is 1. The minimum absolute atomic E-state index is 0.260. The molecule has 0 bridgehead atoms. The number of hydrogen-bond acceptors (Lipinski definition) is 2. The number of Topliss-reactive ketones (excluding diaryl/α,β-unsaturated/α-hetero) is 1. The summed E-state index contributed by atoms with van der Waals surface area (Å²) in [6.07, 6.45) is 3.49. The van der Waals surface area contributed by atoms with Crippen LogP contribution in [0, 0.1) is 13.8 Å². The third-order valence-electron chi connectivity index (χ3n) is 2.92. The van der Waals surface area contributed by atoms with E-state index in [2.05, 4.69) is 32.9 Å². The van der Waals surface area contributed by atoms with Gasteiger partial charge in [-0.1, -0.05) is 24.6 Å². The average molecular weight is 248 g/mol. The van der Waals surface area contributed by atoms with Gasteiger partial charge in [0.2, 0.25) is 0 Å². The molecule has 0 aromatic heterocycles. The normalized spacial score (nSPS) is 10.4. The molecule has 0 aliphatic carbocycles. The van der Waals surface area contributed by atoms with Crippen LogP contribution < -0.4 is 4.74 Å². The van der Waals surface area contributed by atoms with Gasteiger partial charge in [0.15, 0.2) is 0 Å². The fourth-order valence-corrected chi connectivity index (χ4v) is 2.17. The second kappa shape index (κ2) is 7.20. The second-order valence-electron chi connectivity index (χ2n) is 4.97. The topological polar surface area (TPSA) is 26.3 Å². The summed E-state index contributed by atoms with van der Waals surface area (Å²) in [4.78, 5) is 11.0. The van der Waals surface area contributed by atoms with E-state index in [9.17, 15) is 4.79 Å². The molecular formula is C16H24O2. The molecule has 100 valence electrons. The average Bonchev–Trinajstić information content (AvgIpc) is 2.27. The highest BCUT2D eigenvalue weighted by Gasteiger charge is 2.08. The van der Waals surface area contributed by atoms with Crippen LogP contribution in [0.2, 0.25) is 0 Å². The molecule has 0 atom stereocenters. The fraction of sp³-hybridized carbons (Fsp3) is 0.562. The molecule has 1 rings (SSSR count). The lowest BCUT2D eigenvalue weighted by molar-refractivity contribution is -0.117. The van der Waals surface area contributed by atoms with Crippen LogP contribution in [0.1, 0.15) is 49.8 Å². The van der Waals surface area contributed by atoms with E-state index in [4.69, 9.17) is 4.74 Å². The monoisotopic (exact) mass is 248 g/mol. The van der Waals surface area contributed by atoms with E-state index in [1.165, 1.54) is 16.7 Å². The molecule has 0 spiro atoms. The standard InChI is InChI=1S/C16H24O2/c1-5-9-18-16-13(3)10-12(2)11-15(16)8-6-7-14(4)17/h10-11H,5-9H2,1-4H3. The molecule has 0 saturated heterocycles. The molecule has 0 aliphatic rings. The number of rotatable bonds is 7. The number of ketones is 1. The molecule has 0 heterocycles. The van der Waals surface area contributed by atoms with Crippen molar-refractivity contribution in [2.24, 2.45) is 0 Å². The maximum atomic E-state index is 11.0. The first-order chi connectivity index (χ1) is 8.54. The molecule has 0 aliphatic heterocycles. The molecule has 18 heavy (non-hydrogen) atoms. The van der Waals surface area contributed by atoms with Crippen LogP contribution >= 0.6 is 0 Å². The van der Waals surface area contributed by atoms with E-state index in [0.717, 1.165) is 31.6 Å². The number of benzene rings is 1. The molecule has 0 N–H and O–H groups in total. The van der Waals surface area contributed by atoms with Gasteiger partial charge in [0.25, 0.3) is 0 Å². The van der Waals surface area contributed by atoms with Gasteiger partial charge in [-0.2, -0.15) is 0 Å². The van der Waals surface area contributed by atoms with E-state index >= 15 is 0 Å². The van der Waals surface area contributed by atoms with Crippen molar-refractivity contribution < 1.29 is 9.53 Å². The van der Waals surface area contributed by atoms with E-state index in [0.29, 0.717) is 6.42 Å². The van der Waals surface area contributed by atoms with Crippen molar-refractivity contribution in [3.63, 3.8) is 0 Å². The van der Waals surface area contributed by atoms with Gasteiger partial charge in [-0.25, -0.2) is 0 Å². The van der Waals surface area contributed by atoms with Gasteiger partial charge in [-0.05, 0) is 51.2 Å². The zero-order chi connectivity index (χ0) is 13.5. The number of ether oxygens (including phenoxy) is 1. The van der Waals surface area contributed by atoms with E-state index in [1.807, 2.05) is 0 Å². The smallest absolute Gasteiger partial charge is 0.129 e. The summed E-state index contributed by atoms with van der Waals surface area (Å²) < 4.78 is 5.84. The van der Waals surface area contributed by atoms with Crippen molar-refractivity contribution in [2.75, 3.05) is 6.61 Å². The number of hydrogen-bond donors (Lipinski definition) is 0. The lowest BCUT2D eigenvalue weighted by Gasteiger charge is -2.15. The minimum Gasteiger partial charge on any atom is -0.493 e. The van der Waals surface area contributed by atoms with Crippen LogP contribution in [0.15, 0.2) is 12.1 Å². The molecule has 1 aromatic carbocycles. The van der Waals surface area contributed by atoms with Crippen molar-refractivity contribution in [2.45, 2.75) is 53.4 Å².